The molecule has 0 aromatic heterocycles. The summed E-state index contributed by atoms with van der Waals surface area (Å²) in [7, 11) is 0. The molecule has 8 atom stereocenters. The molecule has 41 heavy (non-hydrogen) atoms. The highest BCUT2D eigenvalue weighted by atomic mass is 16.7. The molecule has 0 radical (unpaired) electrons. The van der Waals surface area contributed by atoms with E-state index in [1.54, 1.807) is 0 Å². The van der Waals surface area contributed by atoms with Gasteiger partial charge in [0.05, 0.1) is 4.92 Å². The smallest absolute Gasteiger partial charge is 0.430 e. The van der Waals surface area contributed by atoms with Gasteiger partial charge >= 0.3 is 6.16 Å². The fourth-order valence-corrected chi connectivity index (χ4v) is 9.84. The zero-order valence-electron chi connectivity index (χ0n) is 25.9. The number of ether oxygens (including phenoxy) is 2. The number of carbonyl (C=O) groups is 1. The highest BCUT2D eigenvalue weighted by molar-refractivity contribution is 5.64. The molecule has 0 heterocycles. The molecular formula is C35H51NO5. The molecule has 0 N–H and O–H groups in total. The second kappa shape index (κ2) is 12.1. The summed E-state index contributed by atoms with van der Waals surface area (Å²) in [5.74, 6) is 5.19. The fourth-order valence-electron chi connectivity index (χ4n) is 9.84. The third kappa shape index (κ3) is 5.95. The minimum absolute atomic E-state index is 0.0391. The number of nitro groups is 1. The molecule has 0 saturated heterocycles. The Kier molecular flexibility index (Phi) is 8.87. The van der Waals surface area contributed by atoms with Crippen LogP contribution in [0.25, 0.3) is 0 Å². The number of nitrogens with zero attached hydrogens (tertiary/aromatic N) is 1. The highest BCUT2D eigenvalue weighted by Crippen LogP contribution is 2.66. The maximum Gasteiger partial charge on any atom is 0.514 e. The van der Waals surface area contributed by atoms with Crippen molar-refractivity contribution < 1.29 is 19.2 Å². The normalized spacial score (nSPS) is 35.1. The summed E-state index contributed by atoms with van der Waals surface area (Å²) < 4.78 is 11.1. The van der Waals surface area contributed by atoms with Crippen LogP contribution >= 0.6 is 0 Å². The van der Waals surface area contributed by atoms with Gasteiger partial charge in [0.2, 0.25) is 0 Å². The Morgan fingerprint density at radius 2 is 1.83 bits per heavy atom. The highest BCUT2D eigenvalue weighted by Gasteiger charge is 2.58. The van der Waals surface area contributed by atoms with Crippen LogP contribution in [-0.2, 0) is 4.74 Å². The van der Waals surface area contributed by atoms with E-state index >= 15 is 0 Å². The predicted octanol–water partition coefficient (Wildman–Crippen LogP) is 9.91. The number of carbonyl (C=O) groups excluding carboxylic acids is 1. The van der Waals surface area contributed by atoms with Crippen molar-refractivity contribution >= 4 is 11.8 Å². The van der Waals surface area contributed by atoms with Gasteiger partial charge in [-0.15, -0.1) is 0 Å². The average molecular weight is 566 g/mol. The molecule has 1 aromatic rings. The van der Waals surface area contributed by atoms with Crippen LogP contribution in [0.5, 0.6) is 5.75 Å². The van der Waals surface area contributed by atoms with Crippen molar-refractivity contribution in [2.24, 2.45) is 46.3 Å². The topological polar surface area (TPSA) is 78.7 Å². The minimum atomic E-state index is -0.731. The van der Waals surface area contributed by atoms with E-state index in [2.05, 4.69) is 40.7 Å². The molecule has 0 amide bonds. The van der Waals surface area contributed by atoms with E-state index in [1.807, 2.05) is 0 Å². The number of hydrogen-bond acceptors (Lipinski definition) is 5. The van der Waals surface area contributed by atoms with E-state index in [0.717, 1.165) is 54.8 Å². The summed E-state index contributed by atoms with van der Waals surface area (Å²) in [5, 5.41) is 10.9. The lowest BCUT2D eigenvalue weighted by Crippen LogP contribution is -2.50. The Bertz CT molecular complexity index is 1130. The zero-order valence-corrected chi connectivity index (χ0v) is 25.9. The van der Waals surface area contributed by atoms with Gasteiger partial charge in [-0.25, -0.2) is 4.79 Å². The lowest BCUT2D eigenvalue weighted by Gasteiger charge is -2.58. The number of hydrogen-bond donors (Lipinski definition) is 0. The van der Waals surface area contributed by atoms with Gasteiger partial charge in [0.25, 0.3) is 5.69 Å². The van der Waals surface area contributed by atoms with Crippen molar-refractivity contribution in [3.05, 3.63) is 46.0 Å². The molecule has 6 nitrogen and oxygen atoms in total. The molecule has 3 fully saturated rings. The Labute approximate surface area is 246 Å². The van der Waals surface area contributed by atoms with Gasteiger partial charge in [0.1, 0.15) is 11.9 Å². The molecule has 0 spiro atoms. The molecule has 3 saturated carbocycles. The average Bonchev–Trinajstić information content (AvgIpc) is 3.27. The first-order chi connectivity index (χ1) is 19.5. The summed E-state index contributed by atoms with van der Waals surface area (Å²) in [6, 6.07) is 5.51. The van der Waals surface area contributed by atoms with Crippen LogP contribution in [0.4, 0.5) is 10.5 Å². The van der Waals surface area contributed by atoms with Gasteiger partial charge in [-0.3, -0.25) is 10.1 Å². The first-order valence-corrected chi connectivity index (χ1v) is 16.4. The van der Waals surface area contributed by atoms with Crippen molar-refractivity contribution in [2.75, 3.05) is 0 Å². The Hall–Kier alpha value is -2.37. The first kappa shape index (κ1) is 30.1. The summed E-state index contributed by atoms with van der Waals surface area (Å²) >= 11 is 0. The van der Waals surface area contributed by atoms with Gasteiger partial charge in [-0.05, 0) is 110 Å². The molecule has 5 rings (SSSR count). The summed E-state index contributed by atoms with van der Waals surface area (Å²) in [6.45, 7) is 12.3. The lowest BCUT2D eigenvalue weighted by molar-refractivity contribution is -0.384. The number of nitro benzene ring substituents is 1. The molecule has 6 heteroatoms. The van der Waals surface area contributed by atoms with Crippen molar-refractivity contribution in [1.29, 1.82) is 0 Å². The number of fused-ring (bicyclic) bond motifs is 5. The van der Waals surface area contributed by atoms with Crippen LogP contribution in [0.3, 0.4) is 0 Å². The van der Waals surface area contributed by atoms with Crippen molar-refractivity contribution in [3.8, 4) is 5.75 Å². The first-order valence-electron chi connectivity index (χ1n) is 16.4. The molecular weight excluding hydrogens is 514 g/mol. The molecule has 0 bridgehead atoms. The van der Waals surface area contributed by atoms with Crippen LogP contribution in [0, 0.1) is 56.5 Å². The van der Waals surface area contributed by atoms with E-state index < -0.39 is 11.1 Å². The van der Waals surface area contributed by atoms with Gasteiger partial charge in [0, 0.05) is 18.6 Å². The van der Waals surface area contributed by atoms with Crippen molar-refractivity contribution in [2.45, 2.75) is 118 Å². The Balaban J connectivity index is 1.18. The monoisotopic (exact) mass is 565 g/mol. The van der Waals surface area contributed by atoms with Gasteiger partial charge < -0.3 is 9.47 Å². The molecule has 1 aromatic carbocycles. The Morgan fingerprint density at radius 1 is 1.07 bits per heavy atom. The van der Waals surface area contributed by atoms with E-state index in [-0.39, 0.29) is 23.0 Å². The van der Waals surface area contributed by atoms with Crippen LogP contribution in [0.1, 0.15) is 112 Å². The second-order valence-corrected chi connectivity index (χ2v) is 14.5. The number of non-ortho nitro benzene ring substituents is 1. The third-order valence-electron chi connectivity index (χ3n) is 12.4. The number of rotatable bonds is 9. The largest absolute Gasteiger partial charge is 0.514 e. The molecule has 0 aliphatic heterocycles. The third-order valence-corrected chi connectivity index (χ3v) is 12.4. The van der Waals surface area contributed by atoms with Crippen LogP contribution in [0.15, 0.2) is 35.9 Å². The van der Waals surface area contributed by atoms with E-state index in [9.17, 15) is 14.9 Å². The Morgan fingerprint density at radius 3 is 2.51 bits per heavy atom. The maximum absolute atomic E-state index is 12.5. The van der Waals surface area contributed by atoms with Crippen LogP contribution in [-0.4, -0.2) is 17.2 Å². The van der Waals surface area contributed by atoms with E-state index in [0.29, 0.717) is 5.41 Å². The van der Waals surface area contributed by atoms with E-state index in [1.165, 1.54) is 87.6 Å². The maximum atomic E-state index is 12.5. The van der Waals surface area contributed by atoms with Gasteiger partial charge in [-0.2, -0.15) is 0 Å². The zero-order chi connectivity index (χ0) is 29.4. The number of benzene rings is 1. The summed E-state index contributed by atoms with van der Waals surface area (Å²) in [5.41, 5.74) is 2.15. The predicted molar refractivity (Wildman–Crippen MR) is 162 cm³/mol. The minimum Gasteiger partial charge on any atom is -0.430 e. The molecule has 226 valence electrons. The van der Waals surface area contributed by atoms with Crippen molar-refractivity contribution in [1.82, 2.24) is 0 Å². The van der Waals surface area contributed by atoms with Gasteiger partial charge in [-0.1, -0.05) is 65.5 Å². The van der Waals surface area contributed by atoms with E-state index in [4.69, 9.17) is 9.47 Å². The molecule has 4 aliphatic carbocycles. The van der Waals surface area contributed by atoms with Crippen molar-refractivity contribution in [3.63, 3.8) is 0 Å². The van der Waals surface area contributed by atoms with Crippen LogP contribution < -0.4 is 4.74 Å². The molecule has 4 aliphatic rings. The standard InChI is InChI=1S/C35H51NO5/c1-6-24(23(2)3)8-7-9-25-11-17-31-30-16-10-26-22-29(18-20-35(26,5)32(30)19-21-34(25,31)4)41-33(37)40-28-14-12-27(13-15-28)36(38)39/h10,12-15,23-25,29-32H,6-9,11,16-22H2,1-5H3. The lowest BCUT2D eigenvalue weighted by atomic mass is 9.47. The molecule has 8 unspecified atom stereocenters. The number of allylic oxidation sites excluding steroid dienone is 1. The fraction of sp³-hybridized carbons (Fsp3) is 0.743. The van der Waals surface area contributed by atoms with Crippen LogP contribution in [0.2, 0.25) is 0 Å². The van der Waals surface area contributed by atoms with Gasteiger partial charge in [0.15, 0.2) is 0 Å². The summed E-state index contributed by atoms with van der Waals surface area (Å²) in [6.07, 6.45) is 16.5. The SMILES string of the molecule is CCC(CCCC1CCC2C3CC=C4CC(OC(=O)Oc5ccc([N+](=O)[O-])cc5)CCC4(C)C3CCC12C)C(C)C. The summed E-state index contributed by atoms with van der Waals surface area (Å²) in [4.78, 5) is 22.9. The quantitative estimate of drug-likeness (QED) is 0.0978. The second-order valence-electron chi connectivity index (χ2n) is 14.5.